The minimum Gasteiger partial charge on any atom is -0.354 e. The second-order valence-electron chi connectivity index (χ2n) is 10.8. The number of benzene rings is 4. The summed E-state index contributed by atoms with van der Waals surface area (Å²) in [4.78, 5) is 29.7. The van der Waals surface area contributed by atoms with Gasteiger partial charge in [0.15, 0.2) is 0 Å². The first-order chi connectivity index (χ1) is 21.6. The minimum absolute atomic E-state index is 0.0136. The molecule has 0 aliphatic carbocycles. The Balaban J connectivity index is 1.79. The van der Waals surface area contributed by atoms with Gasteiger partial charge in [-0.05, 0) is 54.8 Å². The van der Waals surface area contributed by atoms with Crippen molar-refractivity contribution in [2.75, 3.05) is 17.4 Å². The summed E-state index contributed by atoms with van der Waals surface area (Å²) in [5.74, 6) is -0.855. The van der Waals surface area contributed by atoms with Crippen molar-refractivity contribution < 1.29 is 18.0 Å². The van der Waals surface area contributed by atoms with E-state index in [1.165, 1.54) is 35.2 Å². The molecule has 0 aliphatic rings. The number of unbranched alkanes of at least 4 members (excludes halogenated alkanes) is 1. The molecule has 0 spiro atoms. The van der Waals surface area contributed by atoms with Gasteiger partial charge in [-0.2, -0.15) is 0 Å². The lowest BCUT2D eigenvalue weighted by molar-refractivity contribution is -0.140. The van der Waals surface area contributed by atoms with E-state index in [0.29, 0.717) is 6.54 Å². The molecular weight excluding hydrogens is 629 g/mol. The molecule has 1 atom stereocenters. The lowest BCUT2D eigenvalue weighted by Gasteiger charge is -2.34. The molecule has 4 aromatic rings. The fourth-order valence-electron chi connectivity index (χ4n) is 4.85. The number of sulfonamides is 1. The molecule has 1 N–H and O–H groups in total. The minimum atomic E-state index is -4.24. The summed E-state index contributed by atoms with van der Waals surface area (Å²) >= 11 is 12.5. The van der Waals surface area contributed by atoms with Gasteiger partial charge in [-0.1, -0.05) is 115 Å². The van der Waals surface area contributed by atoms with Crippen molar-refractivity contribution in [1.29, 1.82) is 0 Å². The number of nitrogens with one attached hydrogen (secondary N) is 1. The summed E-state index contributed by atoms with van der Waals surface area (Å²) < 4.78 is 29.3. The first-order valence-corrected chi connectivity index (χ1v) is 17.0. The molecule has 4 aromatic carbocycles. The maximum absolute atomic E-state index is 14.5. The predicted octanol–water partition coefficient (Wildman–Crippen LogP) is 7.05. The van der Waals surface area contributed by atoms with E-state index in [1.54, 1.807) is 12.1 Å². The summed E-state index contributed by atoms with van der Waals surface area (Å²) in [5.41, 5.74) is 2.73. The highest BCUT2D eigenvalue weighted by molar-refractivity contribution is 7.92. The van der Waals surface area contributed by atoms with Gasteiger partial charge in [0.2, 0.25) is 11.8 Å². The van der Waals surface area contributed by atoms with Crippen LogP contribution in [0, 0.1) is 6.92 Å². The zero-order chi connectivity index (χ0) is 32.4. The third-order valence-corrected chi connectivity index (χ3v) is 9.90. The first-order valence-electron chi connectivity index (χ1n) is 14.8. The average Bonchev–Trinajstić information content (AvgIpc) is 3.04. The Hall–Kier alpha value is -3.85. The fraction of sp³-hybridized carbons (Fsp3) is 0.257. The predicted molar refractivity (Wildman–Crippen MR) is 181 cm³/mol. The highest BCUT2D eigenvalue weighted by Gasteiger charge is 2.34. The summed E-state index contributed by atoms with van der Waals surface area (Å²) in [6, 6.07) is 28.7. The quantitative estimate of drug-likeness (QED) is 0.146. The fourth-order valence-corrected chi connectivity index (χ4v) is 6.54. The van der Waals surface area contributed by atoms with Gasteiger partial charge in [-0.3, -0.25) is 13.9 Å². The van der Waals surface area contributed by atoms with E-state index in [4.69, 9.17) is 23.2 Å². The molecule has 7 nitrogen and oxygen atoms in total. The number of rotatable bonds is 14. The van der Waals surface area contributed by atoms with Crippen LogP contribution < -0.4 is 9.62 Å². The molecule has 0 radical (unpaired) electrons. The summed E-state index contributed by atoms with van der Waals surface area (Å²) in [7, 11) is -4.24. The van der Waals surface area contributed by atoms with Crippen molar-refractivity contribution in [3.05, 3.63) is 130 Å². The molecule has 0 bridgehead atoms. The molecular formula is C35H37Cl2N3O4S. The van der Waals surface area contributed by atoms with Crippen LogP contribution in [0.25, 0.3) is 0 Å². The molecule has 0 aliphatic heterocycles. The van der Waals surface area contributed by atoms with Crippen LogP contribution in [0.4, 0.5) is 5.69 Å². The molecule has 45 heavy (non-hydrogen) atoms. The number of carbonyl (C=O) groups is 2. The van der Waals surface area contributed by atoms with Gasteiger partial charge in [0, 0.05) is 19.5 Å². The molecule has 0 heterocycles. The van der Waals surface area contributed by atoms with Crippen molar-refractivity contribution >= 4 is 50.7 Å². The van der Waals surface area contributed by atoms with E-state index in [0.717, 1.165) is 33.8 Å². The lowest BCUT2D eigenvalue weighted by atomic mass is 10.0. The molecule has 10 heteroatoms. The third kappa shape index (κ3) is 9.10. The maximum Gasteiger partial charge on any atom is 0.264 e. The topological polar surface area (TPSA) is 86.8 Å². The van der Waals surface area contributed by atoms with Crippen molar-refractivity contribution in [3.63, 3.8) is 0 Å². The third-order valence-electron chi connectivity index (χ3n) is 7.38. The Bertz CT molecular complexity index is 1690. The highest BCUT2D eigenvalue weighted by Crippen LogP contribution is 2.31. The van der Waals surface area contributed by atoms with Gasteiger partial charge in [-0.25, -0.2) is 8.42 Å². The van der Waals surface area contributed by atoms with Crippen molar-refractivity contribution in [2.24, 2.45) is 0 Å². The van der Waals surface area contributed by atoms with Gasteiger partial charge in [0.05, 0.1) is 20.6 Å². The Morgan fingerprint density at radius 2 is 1.44 bits per heavy atom. The molecule has 0 saturated carbocycles. The van der Waals surface area contributed by atoms with Crippen LogP contribution >= 0.6 is 23.2 Å². The number of aryl methyl sites for hydroxylation is 1. The number of carbonyl (C=O) groups excluding carboxylic acids is 2. The smallest absolute Gasteiger partial charge is 0.264 e. The Labute approximate surface area is 275 Å². The second kappa shape index (κ2) is 15.9. The van der Waals surface area contributed by atoms with Crippen LogP contribution in [0.1, 0.15) is 36.5 Å². The van der Waals surface area contributed by atoms with E-state index in [9.17, 15) is 18.0 Å². The van der Waals surface area contributed by atoms with E-state index in [-0.39, 0.29) is 39.5 Å². The van der Waals surface area contributed by atoms with Crippen molar-refractivity contribution in [1.82, 2.24) is 10.2 Å². The molecule has 0 aromatic heterocycles. The van der Waals surface area contributed by atoms with Gasteiger partial charge in [0.1, 0.15) is 12.6 Å². The van der Waals surface area contributed by atoms with Crippen LogP contribution in [-0.4, -0.2) is 44.3 Å². The van der Waals surface area contributed by atoms with Gasteiger partial charge >= 0.3 is 0 Å². The summed E-state index contributed by atoms with van der Waals surface area (Å²) in [6.45, 7) is 3.87. The van der Waals surface area contributed by atoms with E-state index in [1.807, 2.05) is 74.5 Å². The summed E-state index contributed by atoms with van der Waals surface area (Å²) in [5, 5.41) is 3.38. The lowest BCUT2D eigenvalue weighted by Crippen LogP contribution is -2.53. The first kappa shape index (κ1) is 34.0. The second-order valence-corrected chi connectivity index (χ2v) is 13.5. The Morgan fingerprint density at radius 3 is 2.04 bits per heavy atom. The monoisotopic (exact) mass is 665 g/mol. The zero-order valence-electron chi connectivity index (χ0n) is 25.3. The van der Waals surface area contributed by atoms with E-state index in [2.05, 4.69) is 5.32 Å². The van der Waals surface area contributed by atoms with Gasteiger partial charge in [-0.15, -0.1) is 0 Å². The van der Waals surface area contributed by atoms with E-state index < -0.39 is 28.5 Å². The van der Waals surface area contributed by atoms with Crippen molar-refractivity contribution in [2.45, 2.75) is 50.6 Å². The van der Waals surface area contributed by atoms with Crippen LogP contribution in [0.2, 0.25) is 10.0 Å². The van der Waals surface area contributed by atoms with Gasteiger partial charge < -0.3 is 10.2 Å². The Morgan fingerprint density at radius 1 is 0.822 bits per heavy atom. The molecule has 0 saturated heterocycles. The Kier molecular flexibility index (Phi) is 12.0. The average molecular weight is 667 g/mol. The highest BCUT2D eigenvalue weighted by atomic mass is 35.5. The maximum atomic E-state index is 14.5. The molecule has 1 unspecified atom stereocenters. The van der Waals surface area contributed by atoms with Gasteiger partial charge in [0.25, 0.3) is 10.0 Å². The largest absolute Gasteiger partial charge is 0.354 e. The molecule has 2 amide bonds. The van der Waals surface area contributed by atoms with E-state index >= 15 is 0 Å². The van der Waals surface area contributed by atoms with Crippen LogP contribution in [0.5, 0.6) is 0 Å². The van der Waals surface area contributed by atoms with Crippen LogP contribution in [0.3, 0.4) is 0 Å². The molecule has 236 valence electrons. The van der Waals surface area contributed by atoms with Crippen LogP contribution in [0.15, 0.2) is 108 Å². The number of hydrogen-bond donors (Lipinski definition) is 1. The van der Waals surface area contributed by atoms with Crippen molar-refractivity contribution in [3.8, 4) is 0 Å². The molecule has 4 rings (SSSR count). The number of amides is 2. The number of anilines is 1. The molecule has 0 fully saturated rings. The van der Waals surface area contributed by atoms with Crippen LogP contribution in [-0.2, 0) is 32.6 Å². The number of halogens is 2. The SMILES string of the molecule is CCCCNC(=O)C(Cc1ccccc1)N(Cc1ccccc1)C(=O)CN(c1ccc(Cl)c(Cl)c1)S(=O)(=O)c1ccc(C)cc1. The number of nitrogens with zero attached hydrogens (tertiary/aromatic N) is 2. The zero-order valence-corrected chi connectivity index (χ0v) is 27.7. The summed E-state index contributed by atoms with van der Waals surface area (Å²) in [6.07, 6.45) is 1.93. The number of hydrogen-bond acceptors (Lipinski definition) is 4. The standard InChI is InChI=1S/C35H37Cl2N3O4S/c1-3-4-21-38-35(42)33(22-27-11-7-5-8-12-27)39(24-28-13-9-6-10-14-28)34(41)25-40(29-17-20-31(36)32(37)23-29)45(43,44)30-18-15-26(2)16-19-30/h5-20,23,33H,3-4,21-22,24-25H2,1-2H3,(H,38,42). The normalized spacial score (nSPS) is 11.9.